The Balaban J connectivity index is 2.27. The van der Waals surface area contributed by atoms with E-state index < -0.39 is 11.9 Å². The lowest BCUT2D eigenvalue weighted by molar-refractivity contribution is 0.0944. The van der Waals surface area contributed by atoms with Gasteiger partial charge in [0.2, 0.25) is 0 Å². The van der Waals surface area contributed by atoms with Crippen molar-refractivity contribution in [2.24, 2.45) is 5.73 Å². The fourth-order valence-electron chi connectivity index (χ4n) is 1.86. The highest BCUT2D eigenvalue weighted by Crippen LogP contribution is 2.22. The number of hydrogen-bond acceptors (Lipinski definition) is 3. The van der Waals surface area contributed by atoms with Gasteiger partial charge in [0, 0.05) is 5.02 Å². The Kier molecular flexibility index (Phi) is 4.77. The maximum atomic E-state index is 12.3. The zero-order valence-corrected chi connectivity index (χ0v) is 12.5. The lowest BCUT2D eigenvalue weighted by atomic mass is 10.1. The van der Waals surface area contributed by atoms with Crippen molar-refractivity contribution < 1.29 is 9.90 Å². The number of nitrogens with two attached hydrogens (primary N) is 1. The first-order valence-corrected chi connectivity index (χ1v) is 6.91. The van der Waals surface area contributed by atoms with Gasteiger partial charge in [-0.15, -0.1) is 0 Å². The molecule has 0 aliphatic rings. The van der Waals surface area contributed by atoms with Crippen LogP contribution in [-0.2, 0) is 0 Å². The van der Waals surface area contributed by atoms with E-state index in [0.717, 1.165) is 5.56 Å². The van der Waals surface area contributed by atoms with E-state index >= 15 is 0 Å². The molecule has 0 bridgehead atoms. The van der Waals surface area contributed by atoms with Crippen molar-refractivity contribution in [1.82, 2.24) is 5.32 Å². The van der Waals surface area contributed by atoms with Gasteiger partial charge in [-0.05, 0) is 23.8 Å². The summed E-state index contributed by atoms with van der Waals surface area (Å²) in [5.41, 5.74) is 6.52. The molecule has 6 heteroatoms. The highest BCUT2D eigenvalue weighted by molar-refractivity contribution is 7.80. The maximum absolute atomic E-state index is 12.3. The van der Waals surface area contributed by atoms with Crippen LogP contribution in [0.25, 0.3) is 0 Å². The molecule has 0 aliphatic heterocycles. The molecule has 0 aliphatic carbocycles. The third-order valence-electron chi connectivity index (χ3n) is 2.90. The summed E-state index contributed by atoms with van der Waals surface area (Å²) in [5, 5.41) is 12.8. The van der Waals surface area contributed by atoms with Crippen molar-refractivity contribution in [1.29, 1.82) is 0 Å². The standard InChI is InChI=1S/C15H13ClN2O2S/c16-10-6-7-12(19)11(8-10)15(20)18-13(14(17)21)9-4-2-1-3-5-9/h1-8,13,19H,(H2,17,21)(H,18,20). The molecule has 0 saturated carbocycles. The number of rotatable bonds is 4. The Morgan fingerprint density at radius 3 is 2.52 bits per heavy atom. The molecule has 2 aromatic rings. The van der Waals surface area contributed by atoms with Crippen LogP contribution in [0.5, 0.6) is 5.75 Å². The average molecular weight is 321 g/mol. The minimum absolute atomic E-state index is 0.0691. The summed E-state index contributed by atoms with van der Waals surface area (Å²) in [5.74, 6) is -0.664. The molecule has 1 unspecified atom stereocenters. The predicted octanol–water partition coefficient (Wildman–Crippen LogP) is 2.80. The van der Waals surface area contributed by atoms with Crippen LogP contribution >= 0.6 is 23.8 Å². The van der Waals surface area contributed by atoms with E-state index in [1.165, 1.54) is 18.2 Å². The Bertz CT molecular complexity index is 677. The van der Waals surface area contributed by atoms with Crippen molar-refractivity contribution in [3.05, 3.63) is 64.7 Å². The van der Waals surface area contributed by atoms with Crippen LogP contribution in [-0.4, -0.2) is 16.0 Å². The van der Waals surface area contributed by atoms with Gasteiger partial charge in [-0.1, -0.05) is 54.2 Å². The first-order chi connectivity index (χ1) is 9.99. The minimum Gasteiger partial charge on any atom is -0.507 e. The lowest BCUT2D eigenvalue weighted by Gasteiger charge is -2.18. The molecule has 0 heterocycles. The van der Waals surface area contributed by atoms with E-state index in [9.17, 15) is 9.90 Å². The molecule has 0 saturated heterocycles. The zero-order chi connectivity index (χ0) is 15.4. The largest absolute Gasteiger partial charge is 0.507 e. The number of carbonyl (C=O) groups is 1. The first-order valence-electron chi connectivity index (χ1n) is 6.12. The van der Waals surface area contributed by atoms with E-state index in [0.29, 0.717) is 5.02 Å². The molecular weight excluding hydrogens is 308 g/mol. The van der Waals surface area contributed by atoms with Crippen molar-refractivity contribution in [2.75, 3.05) is 0 Å². The molecule has 2 aromatic carbocycles. The predicted molar refractivity (Wildman–Crippen MR) is 86.6 cm³/mol. The van der Waals surface area contributed by atoms with Gasteiger partial charge in [0.1, 0.15) is 16.8 Å². The van der Waals surface area contributed by atoms with Crippen LogP contribution in [0.15, 0.2) is 48.5 Å². The number of phenolic OH excluding ortho intramolecular Hbond substituents is 1. The second-order valence-corrected chi connectivity index (χ2v) is 5.29. The molecule has 2 rings (SSSR count). The number of hydrogen-bond donors (Lipinski definition) is 3. The van der Waals surface area contributed by atoms with Gasteiger partial charge in [-0.3, -0.25) is 4.79 Å². The number of nitrogens with one attached hydrogen (secondary N) is 1. The second kappa shape index (κ2) is 6.56. The van der Waals surface area contributed by atoms with Crippen molar-refractivity contribution in [3.8, 4) is 5.75 Å². The molecule has 4 nitrogen and oxygen atoms in total. The Morgan fingerprint density at radius 2 is 1.90 bits per heavy atom. The minimum atomic E-state index is -0.618. The van der Waals surface area contributed by atoms with E-state index in [2.05, 4.69) is 5.32 Å². The summed E-state index contributed by atoms with van der Waals surface area (Å²) >= 11 is 10.8. The molecule has 0 spiro atoms. The van der Waals surface area contributed by atoms with Crippen LogP contribution in [0.2, 0.25) is 5.02 Å². The van der Waals surface area contributed by atoms with Crippen LogP contribution < -0.4 is 11.1 Å². The maximum Gasteiger partial charge on any atom is 0.255 e. The van der Waals surface area contributed by atoms with Crippen LogP contribution in [0.4, 0.5) is 0 Å². The number of amides is 1. The quantitative estimate of drug-likeness (QED) is 0.757. The van der Waals surface area contributed by atoms with Crippen molar-refractivity contribution in [2.45, 2.75) is 6.04 Å². The smallest absolute Gasteiger partial charge is 0.255 e. The van der Waals surface area contributed by atoms with Gasteiger partial charge in [-0.2, -0.15) is 0 Å². The van der Waals surface area contributed by atoms with Gasteiger partial charge in [0.25, 0.3) is 5.91 Å². The first kappa shape index (κ1) is 15.3. The van der Waals surface area contributed by atoms with Crippen molar-refractivity contribution in [3.63, 3.8) is 0 Å². The summed E-state index contributed by atoms with van der Waals surface area (Å²) in [4.78, 5) is 12.4. The molecule has 21 heavy (non-hydrogen) atoms. The highest BCUT2D eigenvalue weighted by atomic mass is 35.5. The fourth-order valence-corrected chi connectivity index (χ4v) is 2.23. The van der Waals surface area contributed by atoms with Crippen molar-refractivity contribution >= 4 is 34.7 Å². The van der Waals surface area contributed by atoms with E-state index in [1.807, 2.05) is 30.3 Å². The highest BCUT2D eigenvalue weighted by Gasteiger charge is 2.20. The van der Waals surface area contributed by atoms with E-state index in [1.54, 1.807) is 0 Å². The van der Waals surface area contributed by atoms with Gasteiger partial charge in [0.05, 0.1) is 5.56 Å². The number of phenols is 1. The summed E-state index contributed by atoms with van der Waals surface area (Å²) in [6.07, 6.45) is 0. The zero-order valence-electron chi connectivity index (χ0n) is 10.9. The number of halogens is 1. The summed E-state index contributed by atoms with van der Waals surface area (Å²) < 4.78 is 0. The summed E-state index contributed by atoms with van der Waals surface area (Å²) in [6, 6.07) is 12.7. The monoisotopic (exact) mass is 320 g/mol. The molecule has 1 amide bonds. The Labute approximate surface area is 132 Å². The number of aromatic hydroxyl groups is 1. The number of carbonyl (C=O) groups excluding carboxylic acids is 1. The lowest BCUT2D eigenvalue weighted by Crippen LogP contribution is -2.36. The van der Waals surface area contributed by atoms with Crippen LogP contribution in [0, 0.1) is 0 Å². The molecule has 108 valence electrons. The average Bonchev–Trinajstić information content (AvgIpc) is 2.47. The summed E-state index contributed by atoms with van der Waals surface area (Å²) in [7, 11) is 0. The topological polar surface area (TPSA) is 75.3 Å². The second-order valence-electron chi connectivity index (χ2n) is 4.38. The van der Waals surface area contributed by atoms with Gasteiger partial charge >= 0.3 is 0 Å². The van der Waals surface area contributed by atoms with Crippen LogP contribution in [0.1, 0.15) is 22.0 Å². The number of benzene rings is 2. The normalized spacial score (nSPS) is 11.7. The third kappa shape index (κ3) is 3.71. The Hall–Kier alpha value is -2.11. The SMILES string of the molecule is NC(=S)C(NC(=O)c1cc(Cl)ccc1O)c1ccccc1. The Morgan fingerprint density at radius 1 is 1.24 bits per heavy atom. The van der Waals surface area contributed by atoms with E-state index in [4.69, 9.17) is 29.6 Å². The van der Waals surface area contributed by atoms with Gasteiger partial charge in [-0.25, -0.2) is 0 Å². The number of thiocarbonyl (C=S) groups is 1. The fraction of sp³-hybridized carbons (Fsp3) is 0.0667. The van der Waals surface area contributed by atoms with Gasteiger partial charge < -0.3 is 16.2 Å². The molecule has 1 atom stereocenters. The van der Waals surface area contributed by atoms with Crippen LogP contribution in [0.3, 0.4) is 0 Å². The summed E-state index contributed by atoms with van der Waals surface area (Å²) in [6.45, 7) is 0. The molecule has 0 radical (unpaired) electrons. The van der Waals surface area contributed by atoms with Gasteiger partial charge in [0.15, 0.2) is 0 Å². The van der Waals surface area contributed by atoms with E-state index in [-0.39, 0.29) is 16.3 Å². The molecule has 4 N–H and O–H groups in total. The molecular formula is C15H13ClN2O2S. The third-order valence-corrected chi connectivity index (χ3v) is 3.37. The molecule has 0 aromatic heterocycles. The molecule has 0 fully saturated rings.